The molecule has 0 saturated heterocycles. The van der Waals surface area contributed by atoms with E-state index in [9.17, 15) is 39.6 Å². The van der Waals surface area contributed by atoms with Crippen LogP contribution in [0.2, 0.25) is 0 Å². The van der Waals surface area contributed by atoms with Crippen molar-refractivity contribution in [2.75, 3.05) is 0 Å². The summed E-state index contributed by atoms with van der Waals surface area (Å²) in [5.74, 6) is -8.23. The molecule has 4 N–H and O–H groups in total. The average Bonchev–Trinajstić information content (AvgIpc) is 2.35. The number of hydrogen-bond donors (Lipinski definition) is 4. The topological polar surface area (TPSA) is 241 Å². The van der Waals surface area contributed by atoms with Crippen LogP contribution in [0.4, 0.5) is 0 Å². The van der Waals surface area contributed by atoms with E-state index in [0.29, 0.717) is 0 Å². The molecule has 13 heteroatoms. The molecule has 0 saturated carbocycles. The molecule has 0 rings (SSSR count). The van der Waals surface area contributed by atoms with E-state index in [-0.39, 0.29) is 21.1 Å². The van der Waals surface area contributed by atoms with Crippen LogP contribution in [0, 0.1) is 0 Å². The Bertz CT molecular complexity index is 309. The van der Waals surface area contributed by atoms with Gasteiger partial charge in [0, 0.05) is 0 Å². The van der Waals surface area contributed by atoms with Crippen LogP contribution in [0.25, 0.3) is 0 Å². The Morgan fingerprint density at radius 3 is 0.667 bits per heavy atom. The molecule has 0 aliphatic heterocycles. The molecule has 0 amide bonds. The number of aliphatic carboxylic acids is 4. The van der Waals surface area contributed by atoms with Crippen LogP contribution in [0.3, 0.4) is 0 Å². The molecule has 0 aliphatic carbocycles. The summed E-state index contributed by atoms with van der Waals surface area (Å²) in [6.45, 7) is 0. The van der Waals surface area contributed by atoms with E-state index >= 15 is 0 Å². The summed E-state index contributed by atoms with van der Waals surface area (Å²) in [5.41, 5.74) is 0. The first-order valence-corrected chi connectivity index (χ1v) is 4.49. The van der Waals surface area contributed by atoms with Crippen LogP contribution in [0.1, 0.15) is 0 Å². The average molecular weight is 491 g/mol. The number of aliphatic hydroxyl groups is 4. The van der Waals surface area contributed by atoms with Gasteiger partial charge in [0.25, 0.3) is 0 Å². The molecule has 0 fully saturated rings. The molecule has 0 heterocycles. The van der Waals surface area contributed by atoms with E-state index in [1.165, 1.54) is 0 Å². The molecular formula is C8H8O12Pt. The molecule has 0 aromatic carbocycles. The summed E-state index contributed by atoms with van der Waals surface area (Å²) in [6.07, 6.45) is -9.76. The van der Waals surface area contributed by atoms with Crippen LogP contribution in [0.15, 0.2) is 0 Å². The monoisotopic (exact) mass is 491 g/mol. The van der Waals surface area contributed by atoms with E-state index in [1.54, 1.807) is 0 Å². The second-order valence-corrected chi connectivity index (χ2v) is 3.06. The van der Waals surface area contributed by atoms with Crippen molar-refractivity contribution in [2.24, 2.45) is 0 Å². The maximum absolute atomic E-state index is 9.63. The van der Waals surface area contributed by atoms with Gasteiger partial charge in [-0.25, -0.2) is 0 Å². The SMILES string of the molecule is O=C([O-])C(O)C(O)C(=O)[O-].O=C([O-])C(O)C(O)C(=O)[O-].[Pt+4]. The Balaban J connectivity index is -0.000000295. The van der Waals surface area contributed by atoms with Gasteiger partial charge < -0.3 is 60.0 Å². The predicted octanol–water partition coefficient (Wildman–Crippen LogP) is -9.59. The van der Waals surface area contributed by atoms with Crippen LogP contribution >= 0.6 is 0 Å². The Morgan fingerprint density at radius 1 is 0.524 bits per heavy atom. The first kappa shape index (κ1) is 24.4. The summed E-state index contributed by atoms with van der Waals surface area (Å²) in [4.78, 5) is 38.5. The van der Waals surface area contributed by atoms with E-state index in [2.05, 4.69) is 0 Å². The fourth-order valence-electron chi connectivity index (χ4n) is 0.516. The van der Waals surface area contributed by atoms with Crippen LogP contribution in [-0.4, -0.2) is 68.7 Å². The van der Waals surface area contributed by atoms with Crippen molar-refractivity contribution in [2.45, 2.75) is 24.4 Å². The molecule has 12 nitrogen and oxygen atoms in total. The molecule has 0 aromatic heterocycles. The normalized spacial score (nSPS) is 15.0. The van der Waals surface area contributed by atoms with E-state index < -0.39 is 48.3 Å². The number of carbonyl (C=O) groups excluding carboxylic acids is 4. The zero-order valence-corrected chi connectivity index (χ0v) is 12.0. The number of carboxylic acid groups (broad SMARTS) is 4. The third-order valence-corrected chi connectivity index (χ3v) is 1.56. The van der Waals surface area contributed by atoms with Gasteiger partial charge in [0.1, 0.15) is 24.4 Å². The largest absolute Gasteiger partial charge is 4.00 e. The smallest absolute Gasteiger partial charge is 0.547 e. The quantitative estimate of drug-likeness (QED) is 0.271. The summed E-state index contributed by atoms with van der Waals surface area (Å²) in [6, 6.07) is 0. The van der Waals surface area contributed by atoms with Gasteiger partial charge in [-0.1, -0.05) is 0 Å². The molecule has 0 aliphatic rings. The number of aliphatic hydroxyl groups excluding tert-OH is 4. The predicted molar refractivity (Wildman–Crippen MR) is 44.1 cm³/mol. The van der Waals surface area contributed by atoms with Crippen molar-refractivity contribution in [1.82, 2.24) is 0 Å². The van der Waals surface area contributed by atoms with Gasteiger partial charge in [-0.3, -0.25) is 0 Å². The number of hydrogen-bond acceptors (Lipinski definition) is 12. The van der Waals surface area contributed by atoms with E-state index in [1.807, 2.05) is 0 Å². The Kier molecular flexibility index (Phi) is 12.9. The molecule has 0 spiro atoms. The Morgan fingerprint density at radius 2 is 0.619 bits per heavy atom. The van der Waals surface area contributed by atoms with Crippen LogP contribution in [0.5, 0.6) is 0 Å². The van der Waals surface area contributed by atoms with E-state index in [4.69, 9.17) is 20.4 Å². The Hall–Kier alpha value is -1.59. The Labute approximate surface area is 130 Å². The maximum atomic E-state index is 9.63. The molecule has 0 bridgehead atoms. The van der Waals surface area contributed by atoms with Gasteiger partial charge in [-0.15, -0.1) is 0 Å². The van der Waals surface area contributed by atoms with E-state index in [0.717, 1.165) is 0 Å². The third-order valence-electron chi connectivity index (χ3n) is 1.56. The van der Waals surface area contributed by atoms with Gasteiger partial charge in [0.05, 0.1) is 23.9 Å². The van der Waals surface area contributed by atoms with Crippen molar-refractivity contribution in [3.05, 3.63) is 0 Å². The van der Waals surface area contributed by atoms with Crippen molar-refractivity contribution < 1.29 is 81.1 Å². The molecule has 4 atom stereocenters. The van der Waals surface area contributed by atoms with Crippen molar-refractivity contribution in [3.8, 4) is 0 Å². The van der Waals surface area contributed by atoms with Crippen molar-refractivity contribution >= 4 is 23.9 Å². The van der Waals surface area contributed by atoms with Crippen LogP contribution < -0.4 is 20.4 Å². The minimum absolute atomic E-state index is 0. The zero-order chi connectivity index (χ0) is 16.6. The van der Waals surface area contributed by atoms with Gasteiger partial charge in [0.2, 0.25) is 0 Å². The fraction of sp³-hybridized carbons (Fsp3) is 0.500. The van der Waals surface area contributed by atoms with Gasteiger partial charge >= 0.3 is 21.1 Å². The standard InChI is InChI=1S/2C4H6O6.Pt/c2*5-1(3(7)8)2(6)4(9)10;/h2*1-2,5-6H,(H,7,8)(H,9,10);/q;;+4/p-4. The zero-order valence-electron chi connectivity index (χ0n) is 9.68. The summed E-state index contributed by atoms with van der Waals surface area (Å²) in [7, 11) is 0. The first-order chi connectivity index (χ1) is 8.93. The summed E-state index contributed by atoms with van der Waals surface area (Å²) < 4.78 is 0. The minimum atomic E-state index is -2.44. The number of carbonyl (C=O) groups is 4. The minimum Gasteiger partial charge on any atom is -0.547 e. The fourth-order valence-corrected chi connectivity index (χ4v) is 0.516. The van der Waals surface area contributed by atoms with Gasteiger partial charge in [-0.2, -0.15) is 0 Å². The van der Waals surface area contributed by atoms with Crippen molar-refractivity contribution in [3.63, 3.8) is 0 Å². The van der Waals surface area contributed by atoms with Gasteiger partial charge in [-0.05, 0) is 0 Å². The molecule has 4 unspecified atom stereocenters. The summed E-state index contributed by atoms with van der Waals surface area (Å²) >= 11 is 0. The van der Waals surface area contributed by atoms with Crippen LogP contribution in [-0.2, 0) is 40.2 Å². The molecular weight excluding hydrogens is 483 g/mol. The maximum Gasteiger partial charge on any atom is 4.00 e. The number of carboxylic acids is 4. The molecule has 122 valence electrons. The third kappa shape index (κ3) is 9.87. The molecule has 0 radical (unpaired) electrons. The van der Waals surface area contributed by atoms with Gasteiger partial charge in [0.15, 0.2) is 0 Å². The second kappa shape index (κ2) is 11.1. The molecule has 0 aromatic rings. The van der Waals surface area contributed by atoms with Crippen molar-refractivity contribution in [1.29, 1.82) is 0 Å². The first-order valence-electron chi connectivity index (χ1n) is 4.49. The summed E-state index contributed by atoms with van der Waals surface area (Å²) in [5, 5.41) is 71.5. The second-order valence-electron chi connectivity index (χ2n) is 3.06. The molecule has 21 heavy (non-hydrogen) atoms. The number of rotatable bonds is 6.